The van der Waals surface area contributed by atoms with E-state index in [0.29, 0.717) is 6.54 Å². The number of rotatable bonds is 6. The number of aliphatic hydroxyl groups excluding tert-OH is 2. The first-order valence-corrected chi connectivity index (χ1v) is 6.18. The average molecular weight is 258 g/mol. The quantitative estimate of drug-likeness (QED) is 0.589. The summed E-state index contributed by atoms with van der Waals surface area (Å²) in [5, 5.41) is 18.2. The molecule has 0 amide bonds. The molecular weight excluding hydrogens is 240 g/mol. The summed E-state index contributed by atoms with van der Waals surface area (Å²) in [7, 11) is 0. The lowest BCUT2D eigenvalue weighted by molar-refractivity contribution is -0.707. The van der Waals surface area contributed by atoms with E-state index in [1.807, 2.05) is 35.3 Å². The second-order valence-corrected chi connectivity index (χ2v) is 4.48. The van der Waals surface area contributed by atoms with Crippen molar-refractivity contribution < 1.29 is 14.8 Å². The summed E-state index contributed by atoms with van der Waals surface area (Å²) >= 11 is 0. The molecule has 1 aromatic heterocycles. The zero-order valence-corrected chi connectivity index (χ0v) is 10.7. The predicted octanol–water partition coefficient (Wildman–Crippen LogP) is 0.620. The highest BCUT2D eigenvalue weighted by molar-refractivity contribution is 5.47. The SMILES string of the molecule is C=Cc1ccc(Cn2c[c-][n+](CC(O)CO)c2)cc1. The molecule has 2 aromatic rings. The van der Waals surface area contributed by atoms with Gasteiger partial charge in [0.1, 0.15) is 6.10 Å². The van der Waals surface area contributed by atoms with Gasteiger partial charge in [0.2, 0.25) is 0 Å². The first kappa shape index (κ1) is 13.5. The van der Waals surface area contributed by atoms with Crippen molar-refractivity contribution in [3.05, 3.63) is 60.7 Å². The number of nitrogens with zero attached hydrogens (tertiary/aromatic N) is 2. The van der Waals surface area contributed by atoms with Crippen LogP contribution in [-0.2, 0) is 13.1 Å². The molecule has 4 heteroatoms. The maximum atomic E-state index is 9.36. The van der Waals surface area contributed by atoms with E-state index in [1.165, 1.54) is 5.56 Å². The van der Waals surface area contributed by atoms with Gasteiger partial charge in [-0.3, -0.25) is 0 Å². The molecule has 0 spiro atoms. The molecule has 0 bridgehead atoms. The Labute approximate surface area is 112 Å². The second kappa shape index (κ2) is 6.31. The minimum Gasteiger partial charge on any atom is -0.397 e. The van der Waals surface area contributed by atoms with Gasteiger partial charge in [-0.05, 0) is 17.3 Å². The van der Waals surface area contributed by atoms with Gasteiger partial charge in [-0.2, -0.15) is 0 Å². The molecule has 4 nitrogen and oxygen atoms in total. The second-order valence-electron chi connectivity index (χ2n) is 4.48. The van der Waals surface area contributed by atoms with Crippen LogP contribution in [0.15, 0.2) is 43.4 Å². The van der Waals surface area contributed by atoms with Crippen molar-refractivity contribution in [2.24, 2.45) is 0 Å². The van der Waals surface area contributed by atoms with Crippen molar-refractivity contribution in [1.29, 1.82) is 0 Å². The molecule has 2 rings (SSSR count). The van der Waals surface area contributed by atoms with Crippen molar-refractivity contribution in [3.63, 3.8) is 0 Å². The van der Waals surface area contributed by atoms with Crippen molar-refractivity contribution in [1.82, 2.24) is 4.57 Å². The van der Waals surface area contributed by atoms with Crippen LogP contribution in [0, 0.1) is 6.20 Å². The van der Waals surface area contributed by atoms with Crippen LogP contribution in [0.2, 0.25) is 0 Å². The van der Waals surface area contributed by atoms with Crippen LogP contribution in [-0.4, -0.2) is 27.5 Å². The van der Waals surface area contributed by atoms with Crippen LogP contribution in [0.3, 0.4) is 0 Å². The summed E-state index contributed by atoms with van der Waals surface area (Å²) in [6.07, 6.45) is 7.76. The highest BCUT2D eigenvalue weighted by atomic mass is 16.3. The van der Waals surface area contributed by atoms with E-state index in [-0.39, 0.29) is 6.61 Å². The molecule has 100 valence electrons. The number of aliphatic hydroxyl groups is 2. The summed E-state index contributed by atoms with van der Waals surface area (Å²) in [6.45, 7) is 4.58. The minimum atomic E-state index is -0.746. The van der Waals surface area contributed by atoms with Gasteiger partial charge >= 0.3 is 0 Å². The highest BCUT2D eigenvalue weighted by Gasteiger charge is 2.04. The van der Waals surface area contributed by atoms with Crippen molar-refractivity contribution in [3.8, 4) is 0 Å². The van der Waals surface area contributed by atoms with Crippen LogP contribution in [0.1, 0.15) is 11.1 Å². The van der Waals surface area contributed by atoms with E-state index in [4.69, 9.17) is 5.11 Å². The fourth-order valence-electron chi connectivity index (χ4n) is 1.84. The molecule has 2 N–H and O–H groups in total. The van der Waals surface area contributed by atoms with Gasteiger partial charge in [0, 0.05) is 6.20 Å². The molecule has 0 aliphatic carbocycles. The molecule has 0 fully saturated rings. The van der Waals surface area contributed by atoms with E-state index in [2.05, 4.69) is 24.9 Å². The monoisotopic (exact) mass is 258 g/mol. The summed E-state index contributed by atoms with van der Waals surface area (Å²) in [5.74, 6) is 0. The number of benzene rings is 1. The zero-order chi connectivity index (χ0) is 13.7. The summed E-state index contributed by atoms with van der Waals surface area (Å²) in [6, 6.07) is 8.17. The average Bonchev–Trinajstić information content (AvgIpc) is 2.86. The third kappa shape index (κ3) is 3.77. The van der Waals surface area contributed by atoms with E-state index in [0.717, 1.165) is 12.1 Å². The molecule has 0 aliphatic heterocycles. The Balaban J connectivity index is 2.00. The van der Waals surface area contributed by atoms with Crippen LogP contribution >= 0.6 is 0 Å². The topological polar surface area (TPSA) is 49.3 Å². The smallest absolute Gasteiger partial charge is 0.112 e. The Hall–Kier alpha value is -1.91. The molecular formula is C15H18N2O2. The van der Waals surface area contributed by atoms with Crippen molar-refractivity contribution >= 4 is 6.08 Å². The molecule has 1 unspecified atom stereocenters. The fraction of sp³-hybridized carbons (Fsp3) is 0.267. The summed E-state index contributed by atoms with van der Waals surface area (Å²) in [5.41, 5.74) is 2.29. The Morgan fingerprint density at radius 1 is 1.37 bits per heavy atom. The third-order valence-corrected chi connectivity index (χ3v) is 2.88. The van der Waals surface area contributed by atoms with Gasteiger partial charge in [-0.15, -0.1) is 0 Å². The van der Waals surface area contributed by atoms with Gasteiger partial charge in [-0.1, -0.05) is 36.9 Å². The van der Waals surface area contributed by atoms with Crippen LogP contribution in [0.4, 0.5) is 0 Å². The maximum Gasteiger partial charge on any atom is 0.112 e. The van der Waals surface area contributed by atoms with Gasteiger partial charge < -0.3 is 19.3 Å². The molecule has 1 atom stereocenters. The zero-order valence-electron chi connectivity index (χ0n) is 10.7. The Bertz CT molecular complexity index is 531. The Kier molecular flexibility index (Phi) is 4.49. The van der Waals surface area contributed by atoms with Gasteiger partial charge in [0.25, 0.3) is 0 Å². The van der Waals surface area contributed by atoms with Crippen molar-refractivity contribution in [2.75, 3.05) is 6.61 Å². The molecule has 0 saturated heterocycles. The standard InChI is InChI=1S/C15H18N2O2/c1-2-13-3-5-14(6-4-13)9-16-7-8-17(12-16)10-15(19)11-18/h2-7,12,15,18-19H,1,9-11H2. The van der Waals surface area contributed by atoms with E-state index >= 15 is 0 Å². The van der Waals surface area contributed by atoms with Gasteiger partial charge in [0.15, 0.2) is 0 Å². The lowest BCUT2D eigenvalue weighted by atomic mass is 10.1. The number of imidazole rings is 1. The number of hydrogen-bond donors (Lipinski definition) is 2. The fourth-order valence-corrected chi connectivity index (χ4v) is 1.84. The van der Waals surface area contributed by atoms with E-state index < -0.39 is 6.10 Å². The largest absolute Gasteiger partial charge is 0.397 e. The van der Waals surface area contributed by atoms with E-state index in [9.17, 15) is 5.11 Å². The molecule has 1 heterocycles. The van der Waals surface area contributed by atoms with Crippen LogP contribution in [0.25, 0.3) is 6.08 Å². The Morgan fingerprint density at radius 2 is 2.11 bits per heavy atom. The normalized spacial score (nSPS) is 12.3. The van der Waals surface area contributed by atoms with Gasteiger partial charge in [-0.25, -0.2) is 0 Å². The van der Waals surface area contributed by atoms with Crippen molar-refractivity contribution in [2.45, 2.75) is 19.2 Å². The van der Waals surface area contributed by atoms with Crippen LogP contribution in [0.5, 0.6) is 0 Å². The number of hydrogen-bond acceptors (Lipinski definition) is 2. The Morgan fingerprint density at radius 3 is 2.74 bits per heavy atom. The molecule has 19 heavy (non-hydrogen) atoms. The minimum absolute atomic E-state index is 0.241. The third-order valence-electron chi connectivity index (χ3n) is 2.88. The predicted molar refractivity (Wildman–Crippen MR) is 72.2 cm³/mol. The lowest BCUT2D eigenvalue weighted by Gasteiger charge is -2.07. The first-order chi connectivity index (χ1) is 9.21. The lowest BCUT2D eigenvalue weighted by Crippen LogP contribution is -2.39. The highest BCUT2D eigenvalue weighted by Crippen LogP contribution is 2.06. The summed E-state index contributed by atoms with van der Waals surface area (Å²) < 4.78 is 3.71. The van der Waals surface area contributed by atoms with Crippen LogP contribution < -0.4 is 4.57 Å². The van der Waals surface area contributed by atoms with E-state index in [1.54, 1.807) is 4.57 Å². The first-order valence-electron chi connectivity index (χ1n) is 6.18. The molecule has 0 aliphatic rings. The van der Waals surface area contributed by atoms with Gasteiger partial charge in [0.05, 0.1) is 26.0 Å². The number of aromatic nitrogens is 2. The molecule has 0 radical (unpaired) electrons. The maximum absolute atomic E-state index is 9.36. The summed E-state index contributed by atoms with van der Waals surface area (Å²) in [4.78, 5) is 0. The molecule has 1 aromatic carbocycles. The molecule has 0 saturated carbocycles.